The number of fused-ring (bicyclic) bond motifs is 3. The summed E-state index contributed by atoms with van der Waals surface area (Å²) in [7, 11) is 0. The van der Waals surface area contributed by atoms with E-state index >= 15 is 0 Å². The fraction of sp³-hybridized carbons (Fsp3) is 0.381. The first-order chi connectivity index (χ1) is 12.7. The first kappa shape index (κ1) is 16.1. The minimum Gasteiger partial charge on any atom is -0.461 e. The Balaban J connectivity index is 1.40. The third-order valence-corrected chi connectivity index (χ3v) is 6.68. The number of ether oxygens (including phenoxy) is 1. The Morgan fingerprint density at radius 3 is 2.92 bits per heavy atom. The quantitative estimate of drug-likeness (QED) is 0.636. The third-order valence-electron chi connectivity index (χ3n) is 5.70. The first-order valence-electron chi connectivity index (χ1n) is 9.16. The van der Waals surface area contributed by atoms with Gasteiger partial charge in [-0.05, 0) is 48.9 Å². The molecule has 26 heavy (non-hydrogen) atoms. The van der Waals surface area contributed by atoms with Gasteiger partial charge >= 0.3 is 0 Å². The van der Waals surface area contributed by atoms with Crippen molar-refractivity contribution in [2.24, 2.45) is 0 Å². The zero-order valence-electron chi connectivity index (χ0n) is 14.8. The Morgan fingerprint density at radius 1 is 1.23 bits per heavy atom. The maximum Gasteiger partial charge on any atom is 0.257 e. The number of piperidine rings is 1. The highest BCUT2D eigenvalue weighted by atomic mass is 32.1. The number of furan rings is 1. The van der Waals surface area contributed by atoms with Gasteiger partial charge in [-0.25, -0.2) is 0 Å². The van der Waals surface area contributed by atoms with Crippen LogP contribution in [-0.2, 0) is 16.8 Å². The van der Waals surface area contributed by atoms with Gasteiger partial charge in [0.15, 0.2) is 0 Å². The molecule has 0 radical (unpaired) electrons. The molecule has 2 aliphatic rings. The van der Waals surface area contributed by atoms with E-state index in [0.29, 0.717) is 24.2 Å². The summed E-state index contributed by atoms with van der Waals surface area (Å²) in [6, 6.07) is 9.97. The molecule has 0 N–H and O–H groups in total. The average molecular weight is 367 g/mol. The lowest BCUT2D eigenvalue weighted by Crippen LogP contribution is -2.48. The Morgan fingerprint density at radius 2 is 2.08 bits per heavy atom. The van der Waals surface area contributed by atoms with Gasteiger partial charge in [0.25, 0.3) is 5.91 Å². The summed E-state index contributed by atoms with van der Waals surface area (Å²) in [6.07, 6.45) is 2.72. The molecule has 0 aliphatic carbocycles. The minimum absolute atomic E-state index is 0.0566. The Hall–Kier alpha value is -2.11. The van der Waals surface area contributed by atoms with E-state index in [1.807, 2.05) is 47.4 Å². The highest BCUT2D eigenvalue weighted by Gasteiger charge is 2.42. The molecule has 1 aromatic carbocycles. The lowest BCUT2D eigenvalue weighted by Gasteiger charge is -2.44. The van der Waals surface area contributed by atoms with E-state index in [2.05, 4.69) is 11.4 Å². The number of para-hydroxylation sites is 1. The largest absolute Gasteiger partial charge is 0.461 e. The summed E-state index contributed by atoms with van der Waals surface area (Å²) in [5.74, 6) is 0.889. The van der Waals surface area contributed by atoms with Gasteiger partial charge in [0.05, 0.1) is 17.8 Å². The molecule has 1 fully saturated rings. The van der Waals surface area contributed by atoms with Crippen molar-refractivity contribution < 1.29 is 13.9 Å². The number of carbonyl (C=O) groups excluding carboxylic acids is 1. The fourth-order valence-electron chi connectivity index (χ4n) is 4.37. The van der Waals surface area contributed by atoms with Crippen LogP contribution < -0.4 is 0 Å². The molecule has 2 aromatic heterocycles. The summed E-state index contributed by atoms with van der Waals surface area (Å²) in [6.45, 7) is 4.12. The van der Waals surface area contributed by atoms with Gasteiger partial charge in [-0.15, -0.1) is 11.3 Å². The van der Waals surface area contributed by atoms with E-state index in [9.17, 15) is 4.79 Å². The second kappa shape index (κ2) is 5.96. The van der Waals surface area contributed by atoms with Gasteiger partial charge in [0, 0.05) is 29.8 Å². The van der Waals surface area contributed by atoms with Crippen LogP contribution in [0.25, 0.3) is 11.0 Å². The molecule has 0 bridgehead atoms. The molecule has 0 atom stereocenters. The number of likely N-dealkylation sites (tertiary alicyclic amines) is 1. The number of thiophene rings is 1. The third kappa shape index (κ3) is 2.42. The van der Waals surface area contributed by atoms with Crippen molar-refractivity contribution in [1.29, 1.82) is 0 Å². The maximum absolute atomic E-state index is 13.1. The molecule has 1 spiro atoms. The predicted octanol–water partition coefficient (Wildman–Crippen LogP) is 4.51. The lowest BCUT2D eigenvalue weighted by atomic mass is 9.82. The summed E-state index contributed by atoms with van der Waals surface area (Å²) < 4.78 is 12.0. The standard InChI is InChI=1S/C21H21NO3S/c1-14-13-15-3-2-4-16(19(15)25-14)20(23)22-9-7-21(8-10-22)17-6-12-26-18(17)5-11-24-21/h2-4,6,12-13H,5,7-11H2,1H3. The topological polar surface area (TPSA) is 42.7 Å². The molecule has 1 amide bonds. The fourth-order valence-corrected chi connectivity index (χ4v) is 5.32. The van der Waals surface area contributed by atoms with Gasteiger partial charge in [-0.1, -0.05) is 12.1 Å². The Labute approximate surface area is 156 Å². The van der Waals surface area contributed by atoms with Gasteiger partial charge in [0.2, 0.25) is 0 Å². The molecule has 4 heterocycles. The molecule has 4 nitrogen and oxygen atoms in total. The SMILES string of the molecule is Cc1cc2cccc(C(=O)N3CCC4(CC3)OCCc3sccc34)c2o1. The zero-order chi connectivity index (χ0) is 17.7. The molecule has 0 unspecified atom stereocenters. The number of hydrogen-bond acceptors (Lipinski definition) is 4. The van der Waals surface area contributed by atoms with E-state index in [1.54, 1.807) is 0 Å². The molecular weight excluding hydrogens is 346 g/mol. The van der Waals surface area contributed by atoms with Crippen molar-refractivity contribution >= 4 is 28.2 Å². The van der Waals surface area contributed by atoms with Crippen LogP contribution in [0.3, 0.4) is 0 Å². The second-order valence-electron chi connectivity index (χ2n) is 7.22. The lowest BCUT2D eigenvalue weighted by molar-refractivity contribution is -0.0926. The summed E-state index contributed by atoms with van der Waals surface area (Å²) in [5.41, 5.74) is 2.51. The monoisotopic (exact) mass is 367 g/mol. The molecule has 2 aliphatic heterocycles. The molecule has 5 rings (SSSR count). The molecule has 5 heteroatoms. The van der Waals surface area contributed by atoms with Crippen molar-refractivity contribution in [3.8, 4) is 0 Å². The van der Waals surface area contributed by atoms with Crippen molar-refractivity contribution in [2.75, 3.05) is 19.7 Å². The van der Waals surface area contributed by atoms with Gasteiger partial charge < -0.3 is 14.1 Å². The van der Waals surface area contributed by atoms with Crippen LogP contribution in [0.4, 0.5) is 0 Å². The van der Waals surface area contributed by atoms with Crippen LogP contribution in [0.1, 0.15) is 39.4 Å². The number of carbonyl (C=O) groups is 1. The predicted molar refractivity (Wildman–Crippen MR) is 102 cm³/mol. The minimum atomic E-state index is -0.197. The number of hydrogen-bond donors (Lipinski definition) is 0. The van der Waals surface area contributed by atoms with Crippen molar-refractivity contribution in [3.05, 3.63) is 57.5 Å². The second-order valence-corrected chi connectivity index (χ2v) is 8.22. The zero-order valence-corrected chi connectivity index (χ0v) is 15.6. The van der Waals surface area contributed by atoms with Crippen LogP contribution in [0.2, 0.25) is 0 Å². The number of aryl methyl sites for hydroxylation is 1. The summed E-state index contributed by atoms with van der Waals surface area (Å²) >= 11 is 1.83. The van der Waals surface area contributed by atoms with Crippen molar-refractivity contribution in [3.63, 3.8) is 0 Å². The van der Waals surface area contributed by atoms with Crippen LogP contribution in [0, 0.1) is 6.92 Å². The van der Waals surface area contributed by atoms with E-state index in [0.717, 1.165) is 37.0 Å². The van der Waals surface area contributed by atoms with Crippen LogP contribution in [0.15, 0.2) is 40.1 Å². The molecule has 1 saturated heterocycles. The van der Waals surface area contributed by atoms with E-state index in [4.69, 9.17) is 9.15 Å². The Bertz CT molecular complexity index is 978. The van der Waals surface area contributed by atoms with Crippen molar-refractivity contribution in [1.82, 2.24) is 4.90 Å². The molecular formula is C21H21NO3S. The maximum atomic E-state index is 13.1. The number of amides is 1. The van der Waals surface area contributed by atoms with Crippen LogP contribution in [0.5, 0.6) is 0 Å². The van der Waals surface area contributed by atoms with Crippen LogP contribution >= 0.6 is 11.3 Å². The van der Waals surface area contributed by atoms with Crippen LogP contribution in [-0.4, -0.2) is 30.5 Å². The van der Waals surface area contributed by atoms with Crippen molar-refractivity contribution in [2.45, 2.75) is 31.8 Å². The molecule has 134 valence electrons. The van der Waals surface area contributed by atoms with E-state index in [1.165, 1.54) is 10.4 Å². The molecule has 0 saturated carbocycles. The number of nitrogens with zero attached hydrogens (tertiary/aromatic N) is 1. The Kier molecular flexibility index (Phi) is 3.69. The van der Waals surface area contributed by atoms with Gasteiger partial charge in [0.1, 0.15) is 11.3 Å². The average Bonchev–Trinajstić information content (AvgIpc) is 3.28. The first-order valence-corrected chi connectivity index (χ1v) is 10.0. The normalized spacial score (nSPS) is 19.0. The van der Waals surface area contributed by atoms with Gasteiger partial charge in [-0.3, -0.25) is 4.79 Å². The number of rotatable bonds is 1. The smallest absolute Gasteiger partial charge is 0.257 e. The van der Waals surface area contributed by atoms with E-state index in [-0.39, 0.29) is 11.5 Å². The van der Waals surface area contributed by atoms with E-state index < -0.39 is 0 Å². The van der Waals surface area contributed by atoms with Gasteiger partial charge in [-0.2, -0.15) is 0 Å². The summed E-state index contributed by atoms with van der Waals surface area (Å²) in [5, 5.41) is 3.15. The highest BCUT2D eigenvalue weighted by Crippen LogP contribution is 2.43. The molecule has 3 aromatic rings. The number of benzene rings is 1. The highest BCUT2D eigenvalue weighted by molar-refractivity contribution is 7.10. The summed E-state index contributed by atoms with van der Waals surface area (Å²) in [4.78, 5) is 16.5.